The summed E-state index contributed by atoms with van der Waals surface area (Å²) < 4.78 is 0. The molecule has 3 aromatic heterocycles. The number of rotatable bonds is 5. The average molecular weight is 373 g/mol. The molecule has 6 heteroatoms. The Morgan fingerprint density at radius 3 is 2.67 bits per heavy atom. The van der Waals surface area contributed by atoms with Gasteiger partial charge in [-0.1, -0.05) is 35.6 Å². The first-order valence-electron chi connectivity index (χ1n) is 7.84. The lowest BCUT2D eigenvalue weighted by Crippen LogP contribution is -2.14. The van der Waals surface area contributed by atoms with Crippen LogP contribution in [0, 0.1) is 5.92 Å². The predicted octanol–water partition coefficient (Wildman–Crippen LogP) is 5.89. The minimum absolute atomic E-state index is 0.0516. The van der Waals surface area contributed by atoms with Crippen LogP contribution in [-0.2, 0) is 4.79 Å². The van der Waals surface area contributed by atoms with Crippen LogP contribution < -0.4 is 5.32 Å². The lowest BCUT2D eigenvalue weighted by molar-refractivity contribution is -0.116. The van der Waals surface area contributed by atoms with Crippen molar-refractivity contribution >= 4 is 45.0 Å². The fraction of sp³-hybridized carbons (Fsp3) is 0.222. The zero-order valence-electron chi connectivity index (χ0n) is 12.9. The van der Waals surface area contributed by atoms with Crippen molar-refractivity contribution in [2.45, 2.75) is 19.3 Å². The number of aromatic nitrogens is 1. The molecule has 1 aliphatic carbocycles. The fourth-order valence-electron chi connectivity index (χ4n) is 2.80. The summed E-state index contributed by atoms with van der Waals surface area (Å²) in [5.74, 6) is 0.425. The zero-order chi connectivity index (χ0) is 16.4. The van der Waals surface area contributed by atoms with Gasteiger partial charge in [0, 0.05) is 11.3 Å². The van der Waals surface area contributed by atoms with E-state index in [0.717, 1.165) is 28.3 Å². The molecule has 24 heavy (non-hydrogen) atoms. The maximum atomic E-state index is 12.3. The Hall–Kier alpha value is -1.76. The van der Waals surface area contributed by atoms with E-state index in [1.807, 2.05) is 12.1 Å². The maximum absolute atomic E-state index is 12.3. The molecule has 122 valence electrons. The Morgan fingerprint density at radius 1 is 1.21 bits per heavy atom. The molecule has 1 N–H and O–H groups in total. The largest absolute Gasteiger partial charge is 0.302 e. The molecule has 0 radical (unpaired) electrons. The van der Waals surface area contributed by atoms with Crippen LogP contribution in [0.15, 0.2) is 47.2 Å². The Labute approximate surface area is 152 Å². The van der Waals surface area contributed by atoms with E-state index < -0.39 is 0 Å². The van der Waals surface area contributed by atoms with Crippen molar-refractivity contribution in [2.75, 3.05) is 5.32 Å². The van der Waals surface area contributed by atoms with Crippen LogP contribution in [0.5, 0.6) is 0 Å². The zero-order valence-corrected chi connectivity index (χ0v) is 15.3. The van der Waals surface area contributed by atoms with Crippen molar-refractivity contribution in [3.8, 4) is 20.3 Å². The Bertz CT molecular complexity index is 795. The Kier molecular flexibility index (Phi) is 4.60. The first kappa shape index (κ1) is 15.7. The van der Waals surface area contributed by atoms with E-state index in [4.69, 9.17) is 4.98 Å². The number of nitrogens with zero attached hydrogens (tertiary/aromatic N) is 1. The molecule has 1 atom stereocenters. The van der Waals surface area contributed by atoms with Crippen molar-refractivity contribution < 1.29 is 4.79 Å². The summed E-state index contributed by atoms with van der Waals surface area (Å²) in [5, 5.41) is 7.81. The van der Waals surface area contributed by atoms with Crippen molar-refractivity contribution in [2.24, 2.45) is 5.92 Å². The molecular formula is C18H16N2OS3. The summed E-state index contributed by atoms with van der Waals surface area (Å²) in [6, 6.07) is 8.25. The summed E-state index contributed by atoms with van der Waals surface area (Å²) in [7, 11) is 0. The molecule has 1 aliphatic rings. The van der Waals surface area contributed by atoms with Crippen molar-refractivity contribution in [3.63, 3.8) is 0 Å². The minimum atomic E-state index is 0.0516. The van der Waals surface area contributed by atoms with Crippen molar-refractivity contribution in [1.82, 2.24) is 4.98 Å². The number of thiazole rings is 1. The first-order chi connectivity index (χ1) is 11.8. The maximum Gasteiger partial charge on any atom is 0.226 e. The highest BCUT2D eigenvalue weighted by Gasteiger charge is 2.19. The topological polar surface area (TPSA) is 42.0 Å². The summed E-state index contributed by atoms with van der Waals surface area (Å²) in [4.78, 5) is 20.4. The van der Waals surface area contributed by atoms with E-state index in [-0.39, 0.29) is 5.91 Å². The van der Waals surface area contributed by atoms with E-state index in [1.165, 1.54) is 4.88 Å². The summed E-state index contributed by atoms with van der Waals surface area (Å²) in [6.45, 7) is 0. The number of hydrogen-bond acceptors (Lipinski definition) is 5. The van der Waals surface area contributed by atoms with Gasteiger partial charge in [-0.25, -0.2) is 4.98 Å². The van der Waals surface area contributed by atoms with Crippen molar-refractivity contribution in [1.29, 1.82) is 0 Å². The van der Waals surface area contributed by atoms with Crippen LogP contribution in [0.3, 0.4) is 0 Å². The van der Waals surface area contributed by atoms with Crippen LogP contribution in [0.2, 0.25) is 0 Å². The second-order valence-electron chi connectivity index (χ2n) is 5.67. The molecule has 4 rings (SSSR count). The fourth-order valence-corrected chi connectivity index (χ4v) is 5.44. The second-order valence-corrected chi connectivity index (χ2v) is 8.56. The number of hydrogen-bond donors (Lipinski definition) is 1. The standard InChI is InChI=1S/C18H16N2OS3/c21-15(11-12-5-1-2-6-12)19-18-20-16(13-7-3-9-22-13)17(24-18)14-8-4-10-23-14/h1,3-5,7-10,12H,2,6,11H2,(H,19,20,21). The van der Waals surface area contributed by atoms with Crippen LogP contribution in [0.4, 0.5) is 5.13 Å². The molecule has 3 heterocycles. The molecule has 0 aliphatic heterocycles. The Morgan fingerprint density at radius 2 is 2.00 bits per heavy atom. The molecule has 0 saturated carbocycles. The average Bonchev–Trinajstić information content (AvgIpc) is 3.35. The van der Waals surface area contributed by atoms with Crippen LogP contribution in [-0.4, -0.2) is 10.9 Å². The molecule has 1 unspecified atom stereocenters. The van der Waals surface area contributed by atoms with E-state index >= 15 is 0 Å². The number of thiophene rings is 2. The van der Waals surface area contributed by atoms with Gasteiger partial charge in [0.25, 0.3) is 0 Å². The van der Waals surface area contributed by atoms with Crippen LogP contribution in [0.25, 0.3) is 20.3 Å². The third kappa shape index (κ3) is 3.36. The SMILES string of the molecule is O=C(CC1C=CCC1)Nc1nc(-c2cccs2)c(-c2cccs2)s1. The molecule has 0 aromatic carbocycles. The molecule has 0 fully saturated rings. The highest BCUT2D eigenvalue weighted by Crippen LogP contribution is 2.42. The Balaban J connectivity index is 1.59. The quantitative estimate of drug-likeness (QED) is 0.567. The number of nitrogens with one attached hydrogen (secondary N) is 1. The normalized spacial score (nSPS) is 16.6. The van der Waals surface area contributed by atoms with Crippen LogP contribution in [0.1, 0.15) is 19.3 Å². The molecule has 0 spiro atoms. The van der Waals surface area contributed by atoms with Gasteiger partial charge >= 0.3 is 0 Å². The third-order valence-corrected chi connectivity index (χ3v) is 6.83. The lowest BCUT2D eigenvalue weighted by atomic mass is 10.1. The predicted molar refractivity (Wildman–Crippen MR) is 104 cm³/mol. The number of amides is 1. The van der Waals surface area contributed by atoms with Crippen molar-refractivity contribution in [3.05, 3.63) is 47.2 Å². The van der Waals surface area contributed by atoms with Gasteiger partial charge in [-0.3, -0.25) is 4.79 Å². The van der Waals surface area contributed by atoms with Gasteiger partial charge in [0.1, 0.15) is 5.69 Å². The summed E-state index contributed by atoms with van der Waals surface area (Å²) >= 11 is 4.93. The highest BCUT2D eigenvalue weighted by atomic mass is 32.1. The third-order valence-electron chi connectivity index (χ3n) is 3.93. The second kappa shape index (κ2) is 7.01. The number of allylic oxidation sites excluding steroid dienone is 2. The molecule has 0 bridgehead atoms. The smallest absolute Gasteiger partial charge is 0.226 e. The monoisotopic (exact) mass is 372 g/mol. The number of carbonyl (C=O) groups excluding carboxylic acids is 1. The number of anilines is 1. The number of carbonyl (C=O) groups is 1. The molecule has 3 aromatic rings. The molecule has 1 amide bonds. The summed E-state index contributed by atoms with van der Waals surface area (Å²) in [6.07, 6.45) is 7.01. The first-order valence-corrected chi connectivity index (χ1v) is 10.4. The minimum Gasteiger partial charge on any atom is -0.302 e. The van der Waals surface area contributed by atoms with E-state index in [2.05, 4.69) is 40.4 Å². The molecular weight excluding hydrogens is 356 g/mol. The van der Waals surface area contributed by atoms with Crippen LogP contribution >= 0.6 is 34.0 Å². The van der Waals surface area contributed by atoms with Gasteiger partial charge in [0.15, 0.2) is 5.13 Å². The van der Waals surface area contributed by atoms with Gasteiger partial charge in [0.2, 0.25) is 5.91 Å². The van der Waals surface area contributed by atoms with E-state index in [0.29, 0.717) is 17.5 Å². The van der Waals surface area contributed by atoms with Gasteiger partial charge in [-0.05, 0) is 41.7 Å². The van der Waals surface area contributed by atoms with Gasteiger partial charge in [-0.15, -0.1) is 22.7 Å². The lowest BCUT2D eigenvalue weighted by Gasteiger charge is -2.06. The van der Waals surface area contributed by atoms with Gasteiger partial charge in [0.05, 0.1) is 9.75 Å². The van der Waals surface area contributed by atoms with E-state index in [1.54, 1.807) is 34.0 Å². The summed E-state index contributed by atoms with van der Waals surface area (Å²) in [5.41, 5.74) is 0.966. The molecule has 3 nitrogen and oxygen atoms in total. The van der Waals surface area contributed by atoms with Gasteiger partial charge < -0.3 is 5.32 Å². The molecule has 0 saturated heterocycles. The van der Waals surface area contributed by atoms with E-state index in [9.17, 15) is 4.79 Å². The highest BCUT2D eigenvalue weighted by molar-refractivity contribution is 7.24. The van der Waals surface area contributed by atoms with Gasteiger partial charge in [-0.2, -0.15) is 0 Å².